The summed E-state index contributed by atoms with van der Waals surface area (Å²) >= 11 is 6.96. The van der Waals surface area contributed by atoms with Crippen molar-refractivity contribution in [3.05, 3.63) is 106 Å². The Morgan fingerprint density at radius 1 is 0.688 bits per heavy atom. The second-order valence-electron chi connectivity index (χ2n) is 17.1. The molecule has 7 aromatic heterocycles. The lowest BCUT2D eigenvalue weighted by molar-refractivity contribution is -0.122. The van der Waals surface area contributed by atoms with Gasteiger partial charge in [-0.25, -0.2) is 34.9 Å². The first-order chi connectivity index (χ1) is 38.8. The topological polar surface area (TPSA) is 322 Å². The summed E-state index contributed by atoms with van der Waals surface area (Å²) in [5.41, 5.74) is 2.57. The summed E-state index contributed by atoms with van der Waals surface area (Å²) < 4.78 is 21.1. The van der Waals surface area contributed by atoms with Crippen molar-refractivity contribution >= 4 is 114 Å². The van der Waals surface area contributed by atoms with Crippen LogP contribution in [0.3, 0.4) is 0 Å². The van der Waals surface area contributed by atoms with Gasteiger partial charge in [0, 0.05) is 53.2 Å². The normalized spacial score (nSPS) is 15.4. The summed E-state index contributed by atoms with van der Waals surface area (Å²) in [5.74, 6) is -3.22. The number of methoxy groups -OCH3 is 2. The Bertz CT molecular complexity index is 3520. The van der Waals surface area contributed by atoms with Gasteiger partial charge in [-0.2, -0.15) is 0 Å². The van der Waals surface area contributed by atoms with Crippen LogP contribution in [-0.4, -0.2) is 136 Å². The number of ether oxygens (including phenoxy) is 4. The first kappa shape index (κ1) is 57.5. The van der Waals surface area contributed by atoms with Crippen molar-refractivity contribution in [2.75, 3.05) is 71.5 Å². The van der Waals surface area contributed by atoms with Gasteiger partial charge in [0.15, 0.2) is 5.13 Å². The summed E-state index contributed by atoms with van der Waals surface area (Å²) in [6, 6.07) is 10.2. The predicted octanol–water partition coefficient (Wildman–Crippen LogP) is 6.06. The number of pyridine rings is 1. The summed E-state index contributed by atoms with van der Waals surface area (Å²) in [7, 11) is 4.47. The highest BCUT2D eigenvalue weighted by atomic mass is 32.1. The van der Waals surface area contributed by atoms with Gasteiger partial charge >= 0.3 is 0 Å². The van der Waals surface area contributed by atoms with Crippen molar-refractivity contribution in [1.82, 2.24) is 56.2 Å². The lowest BCUT2D eigenvalue weighted by atomic mass is 10.0. The number of anilines is 2. The molecule has 0 fully saturated rings. The van der Waals surface area contributed by atoms with Crippen LogP contribution >= 0.6 is 68.0 Å². The molecule has 24 nitrogen and oxygen atoms in total. The number of hydrogen-bond acceptors (Lipinski definition) is 24. The largest absolute Gasteiger partial charge is 0.386 e. The predicted molar refractivity (Wildman–Crippen MR) is 302 cm³/mol. The van der Waals surface area contributed by atoms with Gasteiger partial charge in [-0.15, -0.1) is 56.7 Å². The molecule has 1 aliphatic heterocycles. The molecule has 10 bridgehead atoms. The lowest BCUT2D eigenvalue weighted by Gasteiger charge is -2.23. The van der Waals surface area contributed by atoms with Crippen molar-refractivity contribution < 1.29 is 52.8 Å². The average molecular weight is 1200 g/mol. The third-order valence-corrected chi connectivity index (χ3v) is 17.1. The summed E-state index contributed by atoms with van der Waals surface area (Å²) in [4.78, 5) is 115. The number of rotatable bonds is 16. The molecule has 3 atom stereocenters. The van der Waals surface area contributed by atoms with E-state index in [-0.39, 0.29) is 59.3 Å². The highest BCUT2D eigenvalue weighted by Crippen LogP contribution is 2.40. The van der Waals surface area contributed by atoms with E-state index in [9.17, 15) is 33.9 Å². The van der Waals surface area contributed by atoms with E-state index in [1.165, 1.54) is 59.5 Å². The summed E-state index contributed by atoms with van der Waals surface area (Å²) in [6.07, 6.45) is -1.50. The number of fused-ring (bicyclic) bond motifs is 14. The van der Waals surface area contributed by atoms with E-state index in [2.05, 4.69) is 46.9 Å². The monoisotopic (exact) mass is 1200 g/mol. The maximum absolute atomic E-state index is 14.2. The number of aromatic nitrogens is 7. The third-order valence-electron chi connectivity index (χ3n) is 11.5. The van der Waals surface area contributed by atoms with Crippen LogP contribution < -0.4 is 31.9 Å². The van der Waals surface area contributed by atoms with E-state index in [1.54, 1.807) is 78.0 Å². The summed E-state index contributed by atoms with van der Waals surface area (Å²) in [6.45, 7) is 2.23. The summed E-state index contributed by atoms with van der Waals surface area (Å²) in [5, 5.41) is 36.9. The van der Waals surface area contributed by atoms with Crippen LogP contribution in [0.1, 0.15) is 81.4 Å². The van der Waals surface area contributed by atoms with Gasteiger partial charge in [0.2, 0.25) is 11.8 Å². The van der Waals surface area contributed by atoms with Gasteiger partial charge in [0.25, 0.3) is 23.6 Å². The van der Waals surface area contributed by atoms with E-state index in [4.69, 9.17) is 38.9 Å². The first-order valence-corrected chi connectivity index (χ1v) is 29.3. The number of nitrogens with zero attached hydrogens (tertiary/aromatic N) is 7. The molecule has 1 aromatic carbocycles. The van der Waals surface area contributed by atoms with Gasteiger partial charge in [-0.05, 0) is 24.6 Å². The number of carbonyl (C=O) groups is 6. The quantitative estimate of drug-likeness (QED) is 0.0541. The van der Waals surface area contributed by atoms with E-state index in [0.717, 1.165) is 22.7 Å². The maximum Gasteiger partial charge on any atom is 0.277 e. The SMILES string of the molecule is CNC(=O)C[C@@H]1NC(=O)c2csc(n2)-c2ccc(-c3nc(NC(=O)COCCOCCOC)cs3)nc2-c2csc(n2)-c2csc(n2)[C@H]([C@@H](O)c2ccccc2)NC(=O)CNC(=O)c2nc(sc2COC)NC(=O)c2nc1sc2C. The average Bonchev–Trinajstić information content (AvgIpc) is 4.41. The number of nitrogens with one attached hydrogen (secondary N) is 6. The van der Waals surface area contributed by atoms with Crippen LogP contribution in [0.2, 0.25) is 0 Å². The van der Waals surface area contributed by atoms with Crippen LogP contribution in [0.15, 0.2) is 64.0 Å². The highest BCUT2D eigenvalue weighted by molar-refractivity contribution is 7.16. The Labute approximate surface area is 479 Å². The van der Waals surface area contributed by atoms with E-state index < -0.39 is 60.2 Å². The zero-order chi connectivity index (χ0) is 56.3. The van der Waals surface area contributed by atoms with Gasteiger partial charge in [0.1, 0.15) is 83.8 Å². The van der Waals surface area contributed by atoms with E-state index in [0.29, 0.717) is 83.5 Å². The molecule has 0 saturated heterocycles. The molecule has 416 valence electrons. The number of aliphatic hydroxyl groups excluding tert-OH is 1. The minimum absolute atomic E-state index is 0.00968. The fraction of sp³-hybridized carbons (Fsp3) is 0.300. The van der Waals surface area contributed by atoms with Crippen LogP contribution in [-0.2, 0) is 39.9 Å². The van der Waals surface area contributed by atoms with Crippen molar-refractivity contribution in [3.63, 3.8) is 0 Å². The smallest absolute Gasteiger partial charge is 0.277 e. The van der Waals surface area contributed by atoms with Gasteiger partial charge in [0.05, 0.1) is 62.6 Å². The van der Waals surface area contributed by atoms with Gasteiger partial charge in [-0.1, -0.05) is 41.7 Å². The van der Waals surface area contributed by atoms with Crippen LogP contribution in [0.4, 0.5) is 10.9 Å². The van der Waals surface area contributed by atoms with Crippen molar-refractivity contribution in [1.29, 1.82) is 0 Å². The molecule has 9 rings (SSSR count). The molecular formula is C50H49N13O11S6. The molecule has 30 heteroatoms. The Morgan fingerprint density at radius 3 is 2.23 bits per heavy atom. The molecule has 0 saturated carbocycles. The Morgan fingerprint density at radius 2 is 1.43 bits per heavy atom. The Hall–Kier alpha value is -7.23. The lowest BCUT2D eigenvalue weighted by Crippen LogP contribution is -2.40. The van der Waals surface area contributed by atoms with E-state index in [1.807, 2.05) is 0 Å². The second-order valence-corrected chi connectivity index (χ2v) is 22.9. The first-order valence-electron chi connectivity index (χ1n) is 24.2. The molecular weight excluding hydrogens is 1150 g/mol. The molecule has 6 amide bonds. The maximum atomic E-state index is 14.2. The highest BCUT2D eigenvalue weighted by Gasteiger charge is 2.31. The molecule has 1 aliphatic rings. The molecule has 0 unspecified atom stereocenters. The molecule has 8 heterocycles. The number of benzene rings is 1. The number of hydrogen-bond donors (Lipinski definition) is 7. The fourth-order valence-corrected chi connectivity index (χ4v) is 12.8. The van der Waals surface area contributed by atoms with Crippen molar-refractivity contribution in [2.24, 2.45) is 0 Å². The number of thiazole rings is 6. The molecule has 0 spiro atoms. The second kappa shape index (κ2) is 26.8. The number of carbonyl (C=O) groups excluding carboxylic acids is 6. The molecule has 0 radical (unpaired) electrons. The zero-order valence-electron chi connectivity index (χ0n) is 42.8. The number of aryl methyl sites for hydroxylation is 1. The Balaban J connectivity index is 1.07. The van der Waals surface area contributed by atoms with Gasteiger partial charge < -0.3 is 50.6 Å². The number of amides is 6. The third kappa shape index (κ3) is 14.0. The molecule has 80 heavy (non-hydrogen) atoms. The van der Waals surface area contributed by atoms with Crippen LogP contribution in [0.25, 0.3) is 43.4 Å². The van der Waals surface area contributed by atoms with Crippen molar-refractivity contribution in [2.45, 2.75) is 38.1 Å². The minimum Gasteiger partial charge on any atom is -0.386 e. The van der Waals surface area contributed by atoms with E-state index >= 15 is 0 Å². The van der Waals surface area contributed by atoms with Crippen molar-refractivity contribution in [3.8, 4) is 43.4 Å². The standard InChI is InChI=1S/C50H49N13O11S6/c1-24-37-44(70)63-50-62-39(32(80-50)18-72-4)43(69)52-17-35(65)60-40(41(67)25-8-6-5-7-9-25)49-57-31(22-77-49)47-55-29(20-76-47)38-26(45-56-30(21-75-45)42(68)54-28(16-34(64)51-2)48(61-37)79-24)10-11-27(53-38)46-59-33(23-78-46)58-36(66)19-74-15-14-73-13-12-71-3/h5-11,20-23,28,40-41,67H,12-19H2,1-4H3,(H,51,64)(H,52,69)(H,54,68)(H,58,66)(H,60,65)(H,62,63,70)/t28-,40-,41-/m0/s1. The molecule has 7 N–H and O–H groups in total. The minimum atomic E-state index is -1.27. The molecule has 8 aromatic rings. The van der Waals surface area contributed by atoms with Crippen LogP contribution in [0, 0.1) is 6.92 Å². The fourth-order valence-electron chi connectivity index (χ4n) is 7.68. The van der Waals surface area contributed by atoms with Crippen LogP contribution in [0.5, 0.6) is 0 Å². The Kier molecular flexibility index (Phi) is 19.3. The number of aliphatic hydroxyl groups is 1. The molecule has 0 aliphatic carbocycles. The zero-order valence-corrected chi connectivity index (χ0v) is 47.7. The van der Waals surface area contributed by atoms with Gasteiger partial charge in [-0.3, -0.25) is 34.1 Å².